The lowest BCUT2D eigenvalue weighted by atomic mass is 9.60. The van der Waals surface area contributed by atoms with Crippen LogP contribution in [0.4, 0.5) is 4.79 Å². The van der Waals surface area contributed by atoms with Crippen molar-refractivity contribution >= 4 is 12.0 Å². The van der Waals surface area contributed by atoms with Crippen LogP contribution in [0.2, 0.25) is 0 Å². The molecular formula is C21H28N2O3. The summed E-state index contributed by atoms with van der Waals surface area (Å²) in [6.07, 6.45) is 3.29. The highest BCUT2D eigenvalue weighted by Gasteiger charge is 2.49. The van der Waals surface area contributed by atoms with Gasteiger partial charge in [0.1, 0.15) is 5.60 Å². The number of nitrogens with zero attached hydrogens (tertiary/aromatic N) is 1. The Morgan fingerprint density at radius 1 is 1.23 bits per heavy atom. The Labute approximate surface area is 155 Å². The average Bonchev–Trinajstić information content (AvgIpc) is 2.94. The fourth-order valence-electron chi connectivity index (χ4n) is 5.01. The highest BCUT2D eigenvalue weighted by Crippen LogP contribution is 2.52. The number of hydrogen-bond donors (Lipinski definition) is 1. The fourth-order valence-corrected chi connectivity index (χ4v) is 5.01. The lowest BCUT2D eigenvalue weighted by Gasteiger charge is -2.48. The first-order valence-electron chi connectivity index (χ1n) is 9.64. The highest BCUT2D eigenvalue weighted by atomic mass is 16.6. The molecule has 140 valence electrons. The van der Waals surface area contributed by atoms with Gasteiger partial charge in [-0.1, -0.05) is 24.3 Å². The Morgan fingerprint density at radius 3 is 2.62 bits per heavy atom. The van der Waals surface area contributed by atoms with Crippen molar-refractivity contribution in [1.29, 1.82) is 0 Å². The number of fused-ring (bicyclic) bond motifs is 4. The highest BCUT2D eigenvalue weighted by molar-refractivity contribution is 5.80. The number of hydrogen-bond acceptors (Lipinski definition) is 3. The van der Waals surface area contributed by atoms with Crippen LogP contribution in [0.15, 0.2) is 24.3 Å². The molecule has 2 amide bonds. The van der Waals surface area contributed by atoms with E-state index in [1.807, 2.05) is 25.7 Å². The summed E-state index contributed by atoms with van der Waals surface area (Å²) >= 11 is 0. The third-order valence-corrected chi connectivity index (χ3v) is 6.13. The number of carbonyl (C=O) groups is 2. The van der Waals surface area contributed by atoms with E-state index in [1.54, 1.807) is 0 Å². The molecule has 1 N–H and O–H groups in total. The van der Waals surface area contributed by atoms with Crippen LogP contribution in [0, 0.1) is 5.92 Å². The fraction of sp³-hybridized carbons (Fsp3) is 0.619. The van der Waals surface area contributed by atoms with E-state index < -0.39 is 5.60 Å². The number of carbonyl (C=O) groups excluding carboxylic acids is 2. The van der Waals surface area contributed by atoms with Gasteiger partial charge in [-0.2, -0.15) is 0 Å². The number of amides is 2. The van der Waals surface area contributed by atoms with E-state index in [-0.39, 0.29) is 23.5 Å². The van der Waals surface area contributed by atoms with Crippen molar-refractivity contribution in [3.63, 3.8) is 0 Å². The molecule has 1 aromatic carbocycles. The maximum atomic E-state index is 12.4. The first-order valence-corrected chi connectivity index (χ1v) is 9.64. The summed E-state index contributed by atoms with van der Waals surface area (Å²) in [5.41, 5.74) is 2.25. The van der Waals surface area contributed by atoms with Crippen molar-refractivity contribution in [3.05, 3.63) is 35.4 Å². The third-order valence-electron chi connectivity index (χ3n) is 6.13. The van der Waals surface area contributed by atoms with Crippen molar-refractivity contribution < 1.29 is 14.3 Å². The van der Waals surface area contributed by atoms with E-state index in [4.69, 9.17) is 4.74 Å². The van der Waals surface area contributed by atoms with Crippen LogP contribution in [0.1, 0.15) is 63.6 Å². The molecule has 2 unspecified atom stereocenters. The molecule has 1 aromatic rings. The average molecular weight is 356 g/mol. The topological polar surface area (TPSA) is 58.6 Å². The van der Waals surface area contributed by atoms with Gasteiger partial charge in [-0.25, -0.2) is 4.79 Å². The van der Waals surface area contributed by atoms with Crippen LogP contribution >= 0.6 is 0 Å². The molecule has 5 nitrogen and oxygen atoms in total. The van der Waals surface area contributed by atoms with Crippen molar-refractivity contribution in [2.24, 2.45) is 5.92 Å². The second-order valence-electron chi connectivity index (χ2n) is 9.05. The number of likely N-dealkylation sites (tertiary alicyclic amines) is 1. The largest absolute Gasteiger partial charge is 0.444 e. The maximum Gasteiger partial charge on any atom is 0.410 e. The second-order valence-corrected chi connectivity index (χ2v) is 9.05. The smallest absolute Gasteiger partial charge is 0.410 e. The molecule has 1 aliphatic carbocycles. The summed E-state index contributed by atoms with van der Waals surface area (Å²) in [6.45, 7) is 7.12. The van der Waals surface area contributed by atoms with Gasteiger partial charge in [0.05, 0.1) is 6.04 Å². The minimum Gasteiger partial charge on any atom is -0.444 e. The molecule has 2 fully saturated rings. The van der Waals surface area contributed by atoms with E-state index in [0.29, 0.717) is 25.4 Å². The Hall–Kier alpha value is -2.04. The second kappa shape index (κ2) is 6.00. The quantitative estimate of drug-likeness (QED) is 0.773. The van der Waals surface area contributed by atoms with Gasteiger partial charge in [-0.15, -0.1) is 0 Å². The maximum absolute atomic E-state index is 12.4. The van der Waals surface area contributed by atoms with Gasteiger partial charge in [-0.3, -0.25) is 4.79 Å². The van der Waals surface area contributed by atoms with E-state index in [0.717, 1.165) is 19.3 Å². The Bertz CT molecular complexity index is 729. The van der Waals surface area contributed by atoms with Gasteiger partial charge in [0.15, 0.2) is 0 Å². The third kappa shape index (κ3) is 2.97. The zero-order chi connectivity index (χ0) is 18.5. The van der Waals surface area contributed by atoms with Crippen molar-refractivity contribution in [3.8, 4) is 0 Å². The SMILES string of the molecule is CC(C)(C)OC(=O)N1CCC2(CC1)CC1CC(=O)NC1c1ccccc12. The van der Waals surface area contributed by atoms with Crippen LogP contribution in [-0.2, 0) is 14.9 Å². The first kappa shape index (κ1) is 17.4. The molecule has 1 spiro atoms. The summed E-state index contributed by atoms with van der Waals surface area (Å²) in [4.78, 5) is 26.2. The molecule has 0 bridgehead atoms. The molecule has 2 atom stereocenters. The first-order chi connectivity index (χ1) is 12.3. The summed E-state index contributed by atoms with van der Waals surface area (Å²) in [7, 11) is 0. The van der Waals surface area contributed by atoms with Crippen molar-refractivity contribution in [1.82, 2.24) is 10.2 Å². The van der Waals surface area contributed by atoms with Gasteiger partial charge < -0.3 is 15.0 Å². The summed E-state index contributed by atoms with van der Waals surface area (Å²) in [5, 5.41) is 3.16. The lowest BCUT2D eigenvalue weighted by molar-refractivity contribution is -0.119. The zero-order valence-corrected chi connectivity index (χ0v) is 15.9. The Balaban J connectivity index is 1.56. The van der Waals surface area contributed by atoms with Gasteiger partial charge in [0.25, 0.3) is 0 Å². The van der Waals surface area contributed by atoms with Gasteiger partial charge in [0.2, 0.25) is 5.91 Å². The molecule has 26 heavy (non-hydrogen) atoms. The van der Waals surface area contributed by atoms with E-state index in [9.17, 15) is 9.59 Å². The molecule has 0 saturated carbocycles. The van der Waals surface area contributed by atoms with Gasteiger partial charge in [0, 0.05) is 19.5 Å². The minimum absolute atomic E-state index is 0.0720. The standard InChI is InChI=1S/C21H28N2O3/c1-20(2,3)26-19(25)23-10-8-21(9-11-23)13-14-12-17(24)22-18(14)15-6-4-5-7-16(15)21/h4-7,14,18H,8-13H2,1-3H3,(H,22,24). The lowest BCUT2D eigenvalue weighted by Crippen LogP contribution is -2.49. The number of nitrogens with one attached hydrogen (secondary N) is 1. The number of benzene rings is 1. The zero-order valence-electron chi connectivity index (χ0n) is 15.9. The van der Waals surface area contributed by atoms with E-state index >= 15 is 0 Å². The summed E-state index contributed by atoms with van der Waals surface area (Å²) < 4.78 is 5.54. The van der Waals surface area contributed by atoms with Crippen LogP contribution in [0.3, 0.4) is 0 Å². The monoisotopic (exact) mass is 356 g/mol. The van der Waals surface area contributed by atoms with Gasteiger partial charge >= 0.3 is 6.09 Å². The summed E-state index contributed by atoms with van der Waals surface area (Å²) in [6, 6.07) is 8.71. The molecular weight excluding hydrogens is 328 g/mol. The Kier molecular flexibility index (Phi) is 4.01. The van der Waals surface area contributed by atoms with Crippen LogP contribution in [-0.4, -0.2) is 35.6 Å². The molecule has 2 aliphatic heterocycles. The predicted molar refractivity (Wildman–Crippen MR) is 98.8 cm³/mol. The molecule has 3 aliphatic rings. The number of piperidine rings is 1. The van der Waals surface area contributed by atoms with Crippen molar-refractivity contribution in [2.45, 2.75) is 63.5 Å². The number of ether oxygens (including phenoxy) is 1. The molecule has 2 saturated heterocycles. The summed E-state index contributed by atoms with van der Waals surface area (Å²) in [5.74, 6) is 0.531. The van der Waals surface area contributed by atoms with Crippen LogP contribution in [0.25, 0.3) is 0 Å². The molecule has 0 radical (unpaired) electrons. The van der Waals surface area contributed by atoms with E-state index in [1.165, 1.54) is 11.1 Å². The van der Waals surface area contributed by atoms with Crippen LogP contribution < -0.4 is 5.32 Å². The van der Waals surface area contributed by atoms with Gasteiger partial charge in [-0.05, 0) is 62.5 Å². The Morgan fingerprint density at radius 2 is 1.92 bits per heavy atom. The number of rotatable bonds is 0. The van der Waals surface area contributed by atoms with E-state index in [2.05, 4.69) is 29.6 Å². The molecule has 4 rings (SSSR count). The molecule has 2 heterocycles. The predicted octanol–water partition coefficient (Wildman–Crippen LogP) is 3.54. The normalized spacial score (nSPS) is 26.9. The molecule has 5 heteroatoms. The molecule has 0 aromatic heterocycles. The van der Waals surface area contributed by atoms with Crippen LogP contribution in [0.5, 0.6) is 0 Å². The minimum atomic E-state index is -0.466. The van der Waals surface area contributed by atoms with Crippen molar-refractivity contribution in [2.75, 3.05) is 13.1 Å².